The van der Waals surface area contributed by atoms with E-state index in [2.05, 4.69) is 32.9 Å². The molecule has 0 bridgehead atoms. The average molecular weight is 246 g/mol. The fourth-order valence-electron chi connectivity index (χ4n) is 2.16. The van der Waals surface area contributed by atoms with E-state index in [9.17, 15) is 4.79 Å². The molecule has 0 radical (unpaired) electrons. The van der Waals surface area contributed by atoms with E-state index in [-0.39, 0.29) is 16.7 Å². The van der Waals surface area contributed by atoms with Gasteiger partial charge in [0.05, 0.1) is 0 Å². The maximum absolute atomic E-state index is 12.6. The Morgan fingerprint density at radius 2 is 1.50 bits per heavy atom. The topological polar surface area (TPSA) is 17.1 Å². The maximum Gasteiger partial charge on any atom is 0.142 e. The second kappa shape index (κ2) is 5.26. The van der Waals surface area contributed by atoms with Gasteiger partial charge in [0.15, 0.2) is 0 Å². The van der Waals surface area contributed by atoms with Gasteiger partial charge in [-0.2, -0.15) is 0 Å². The van der Waals surface area contributed by atoms with Crippen LogP contribution in [0.25, 0.3) is 0 Å². The first kappa shape index (κ1) is 14.9. The molecule has 0 unspecified atom stereocenters. The molecule has 18 heavy (non-hydrogen) atoms. The maximum atomic E-state index is 12.6. The fourth-order valence-corrected chi connectivity index (χ4v) is 2.16. The highest BCUT2D eigenvalue weighted by Gasteiger charge is 2.36. The van der Waals surface area contributed by atoms with Crippen molar-refractivity contribution in [2.75, 3.05) is 0 Å². The van der Waals surface area contributed by atoms with Crippen molar-refractivity contribution in [2.45, 2.75) is 48.0 Å². The highest BCUT2D eigenvalue weighted by Crippen LogP contribution is 2.35. The number of ketones is 1. The van der Waals surface area contributed by atoms with Gasteiger partial charge >= 0.3 is 0 Å². The second-order valence-corrected chi connectivity index (χ2v) is 7.22. The average Bonchev–Trinajstić information content (AvgIpc) is 2.23. The summed E-state index contributed by atoms with van der Waals surface area (Å²) < 4.78 is 0. The van der Waals surface area contributed by atoms with Crippen LogP contribution in [0.1, 0.15) is 47.1 Å². The number of carbonyl (C=O) groups excluding carboxylic acids is 1. The van der Waals surface area contributed by atoms with Crippen LogP contribution in [-0.2, 0) is 11.2 Å². The van der Waals surface area contributed by atoms with Crippen LogP contribution >= 0.6 is 0 Å². The molecule has 0 saturated heterocycles. The lowest BCUT2D eigenvalue weighted by Crippen LogP contribution is -2.37. The highest BCUT2D eigenvalue weighted by atomic mass is 16.1. The zero-order valence-corrected chi connectivity index (χ0v) is 12.6. The van der Waals surface area contributed by atoms with Crippen molar-refractivity contribution in [3.8, 4) is 0 Å². The van der Waals surface area contributed by atoms with Gasteiger partial charge in [-0.05, 0) is 17.4 Å². The highest BCUT2D eigenvalue weighted by molar-refractivity contribution is 5.86. The summed E-state index contributed by atoms with van der Waals surface area (Å²) in [6.45, 7) is 12.5. The summed E-state index contributed by atoms with van der Waals surface area (Å²) in [5.74, 6) is 0.429. The molecule has 1 rings (SSSR count). The number of carbonyl (C=O) groups is 1. The third-order valence-electron chi connectivity index (χ3n) is 3.38. The van der Waals surface area contributed by atoms with E-state index < -0.39 is 0 Å². The third kappa shape index (κ3) is 3.97. The Morgan fingerprint density at radius 1 is 1.00 bits per heavy atom. The lowest BCUT2D eigenvalue weighted by molar-refractivity contribution is -0.133. The molecule has 1 aromatic rings. The van der Waals surface area contributed by atoms with Gasteiger partial charge in [0, 0.05) is 11.3 Å². The normalized spacial score (nSPS) is 14.3. The molecule has 1 nitrogen and oxygen atoms in total. The van der Waals surface area contributed by atoms with Gasteiger partial charge in [-0.25, -0.2) is 0 Å². The zero-order chi connectivity index (χ0) is 14.0. The molecule has 0 aliphatic rings. The summed E-state index contributed by atoms with van der Waals surface area (Å²) in [6, 6.07) is 10.3. The minimum Gasteiger partial charge on any atom is -0.299 e. The smallest absolute Gasteiger partial charge is 0.142 e. The number of rotatable bonds is 3. The molecule has 1 aromatic carbocycles. The molecule has 0 saturated carbocycles. The van der Waals surface area contributed by atoms with Crippen LogP contribution in [0.5, 0.6) is 0 Å². The van der Waals surface area contributed by atoms with E-state index >= 15 is 0 Å². The van der Waals surface area contributed by atoms with Crippen LogP contribution in [0.4, 0.5) is 0 Å². The van der Waals surface area contributed by atoms with Crippen LogP contribution in [0.3, 0.4) is 0 Å². The standard InChI is InChI=1S/C17H26O/c1-16(2,3)14(15(18)17(4,5)6)12-13-10-8-7-9-11-13/h7-11,14H,12H2,1-6H3/t14-/m1/s1. The van der Waals surface area contributed by atoms with Gasteiger partial charge in [0.25, 0.3) is 0 Å². The van der Waals surface area contributed by atoms with Crippen LogP contribution in [0, 0.1) is 16.7 Å². The Balaban J connectivity index is 2.98. The Hall–Kier alpha value is -1.11. The number of benzene rings is 1. The lowest BCUT2D eigenvalue weighted by Gasteiger charge is -2.34. The predicted octanol–water partition coefficient (Wildman–Crippen LogP) is 4.51. The van der Waals surface area contributed by atoms with Gasteiger partial charge < -0.3 is 0 Å². The second-order valence-electron chi connectivity index (χ2n) is 7.22. The van der Waals surface area contributed by atoms with Crippen LogP contribution < -0.4 is 0 Å². The van der Waals surface area contributed by atoms with E-state index in [1.165, 1.54) is 5.56 Å². The van der Waals surface area contributed by atoms with E-state index in [4.69, 9.17) is 0 Å². The summed E-state index contributed by atoms with van der Waals surface area (Å²) >= 11 is 0. The molecular formula is C17H26O. The van der Waals surface area contributed by atoms with Crippen molar-refractivity contribution < 1.29 is 4.79 Å². The molecule has 0 spiro atoms. The van der Waals surface area contributed by atoms with Gasteiger partial charge in [0.2, 0.25) is 0 Å². The summed E-state index contributed by atoms with van der Waals surface area (Å²) in [5.41, 5.74) is 0.974. The van der Waals surface area contributed by atoms with Gasteiger partial charge in [-0.15, -0.1) is 0 Å². The van der Waals surface area contributed by atoms with Crippen LogP contribution in [0.15, 0.2) is 30.3 Å². The SMILES string of the molecule is CC(C)(C)C(=O)[C@@H](Cc1ccccc1)C(C)(C)C. The quantitative estimate of drug-likeness (QED) is 0.767. The predicted molar refractivity (Wildman–Crippen MR) is 77.6 cm³/mol. The first-order valence-corrected chi connectivity index (χ1v) is 6.70. The minimum atomic E-state index is -0.271. The Morgan fingerprint density at radius 3 is 1.89 bits per heavy atom. The Kier molecular flexibility index (Phi) is 4.37. The molecule has 1 atom stereocenters. The Labute approximate surface area is 112 Å². The number of Topliss-reactive ketones (excluding diaryl/α,β-unsaturated/α-hetero) is 1. The van der Waals surface area contributed by atoms with E-state index in [0.717, 1.165) is 6.42 Å². The first-order chi connectivity index (χ1) is 8.12. The summed E-state index contributed by atoms with van der Waals surface area (Å²) in [4.78, 5) is 12.6. The van der Waals surface area contributed by atoms with Gasteiger partial charge in [-0.1, -0.05) is 71.9 Å². The monoisotopic (exact) mass is 246 g/mol. The van der Waals surface area contributed by atoms with E-state index in [1.807, 2.05) is 39.0 Å². The lowest BCUT2D eigenvalue weighted by atomic mass is 9.69. The molecule has 0 heterocycles. The van der Waals surface area contributed by atoms with Crippen LogP contribution in [0.2, 0.25) is 0 Å². The molecule has 1 heteroatoms. The summed E-state index contributed by atoms with van der Waals surface area (Å²) in [7, 11) is 0. The number of hydrogen-bond acceptors (Lipinski definition) is 1. The summed E-state index contributed by atoms with van der Waals surface area (Å²) in [6.07, 6.45) is 0.834. The van der Waals surface area contributed by atoms with Crippen molar-refractivity contribution in [3.63, 3.8) is 0 Å². The van der Waals surface area contributed by atoms with E-state index in [1.54, 1.807) is 0 Å². The van der Waals surface area contributed by atoms with E-state index in [0.29, 0.717) is 5.78 Å². The molecule has 0 aromatic heterocycles. The van der Waals surface area contributed by atoms with Crippen molar-refractivity contribution >= 4 is 5.78 Å². The molecule has 0 amide bonds. The molecule has 0 fully saturated rings. The molecule has 100 valence electrons. The van der Waals surface area contributed by atoms with Crippen molar-refractivity contribution in [3.05, 3.63) is 35.9 Å². The minimum absolute atomic E-state index is 0.000203. The van der Waals surface area contributed by atoms with Crippen molar-refractivity contribution in [1.29, 1.82) is 0 Å². The first-order valence-electron chi connectivity index (χ1n) is 6.70. The largest absolute Gasteiger partial charge is 0.299 e. The van der Waals surface area contributed by atoms with Crippen molar-refractivity contribution in [1.82, 2.24) is 0 Å². The Bertz CT molecular complexity index is 390. The molecule has 0 N–H and O–H groups in total. The van der Waals surface area contributed by atoms with Gasteiger partial charge in [-0.3, -0.25) is 4.79 Å². The third-order valence-corrected chi connectivity index (χ3v) is 3.38. The fraction of sp³-hybridized carbons (Fsp3) is 0.588. The summed E-state index contributed by atoms with van der Waals surface area (Å²) in [5, 5.41) is 0. The van der Waals surface area contributed by atoms with Crippen LogP contribution in [-0.4, -0.2) is 5.78 Å². The molecule has 0 aliphatic heterocycles. The van der Waals surface area contributed by atoms with Crippen molar-refractivity contribution in [2.24, 2.45) is 16.7 Å². The molecule has 0 aliphatic carbocycles. The zero-order valence-electron chi connectivity index (χ0n) is 12.6. The van der Waals surface area contributed by atoms with Gasteiger partial charge in [0.1, 0.15) is 5.78 Å². The number of hydrogen-bond donors (Lipinski definition) is 0. The molecular weight excluding hydrogens is 220 g/mol.